The highest BCUT2D eigenvalue weighted by atomic mass is 35.5. The summed E-state index contributed by atoms with van der Waals surface area (Å²) in [5.41, 5.74) is 1.05. The maximum atomic E-state index is 13.1. The molecule has 3 nitrogen and oxygen atoms in total. The number of carbonyl (C=O) groups excluding carboxylic acids is 1. The molecule has 23 heavy (non-hydrogen) atoms. The summed E-state index contributed by atoms with van der Waals surface area (Å²) in [7, 11) is 0. The molecule has 1 amide bonds. The predicted molar refractivity (Wildman–Crippen MR) is 92.3 cm³/mol. The van der Waals surface area contributed by atoms with Crippen molar-refractivity contribution in [1.82, 2.24) is 9.80 Å². The molecule has 2 aliphatic heterocycles. The molecule has 0 unspecified atom stereocenters. The first kappa shape index (κ1) is 15.5. The lowest BCUT2D eigenvalue weighted by molar-refractivity contribution is -0.145. The minimum atomic E-state index is -0.117. The van der Waals surface area contributed by atoms with Crippen LogP contribution >= 0.6 is 11.6 Å². The van der Waals surface area contributed by atoms with E-state index >= 15 is 0 Å². The highest BCUT2D eigenvalue weighted by Gasteiger charge is 2.48. The van der Waals surface area contributed by atoms with Crippen LogP contribution in [0, 0.1) is 11.3 Å². The van der Waals surface area contributed by atoms with Crippen molar-refractivity contribution in [3.05, 3.63) is 34.9 Å². The number of hydrogen-bond donors (Lipinski definition) is 0. The minimum absolute atomic E-state index is 0.117. The molecule has 2 heterocycles. The SMILES string of the molecule is O=C1N(CC2CC2)CCC[C@]12CCN(Cc1ccccc1Cl)C2. The summed E-state index contributed by atoms with van der Waals surface area (Å²) in [6, 6.07) is 8.05. The van der Waals surface area contributed by atoms with E-state index in [4.69, 9.17) is 11.6 Å². The second-order valence-corrected chi connectivity index (χ2v) is 8.04. The maximum absolute atomic E-state index is 13.1. The number of rotatable bonds is 4. The van der Waals surface area contributed by atoms with E-state index in [1.54, 1.807) is 0 Å². The Labute approximate surface area is 143 Å². The van der Waals surface area contributed by atoms with Crippen LogP contribution in [0.15, 0.2) is 24.3 Å². The summed E-state index contributed by atoms with van der Waals surface area (Å²) in [5.74, 6) is 1.21. The average molecular weight is 333 g/mol. The molecule has 3 fully saturated rings. The number of piperidine rings is 1. The van der Waals surface area contributed by atoms with E-state index in [-0.39, 0.29) is 5.41 Å². The number of carbonyl (C=O) groups is 1. The molecule has 1 atom stereocenters. The molecule has 4 heteroatoms. The van der Waals surface area contributed by atoms with Crippen molar-refractivity contribution in [3.63, 3.8) is 0 Å². The largest absolute Gasteiger partial charge is 0.342 e. The quantitative estimate of drug-likeness (QED) is 0.841. The van der Waals surface area contributed by atoms with Gasteiger partial charge in [0.25, 0.3) is 0 Å². The van der Waals surface area contributed by atoms with Crippen LogP contribution in [0.1, 0.15) is 37.7 Å². The van der Waals surface area contributed by atoms with Crippen LogP contribution in [-0.2, 0) is 11.3 Å². The Bertz CT molecular complexity index is 601. The Morgan fingerprint density at radius 2 is 2.00 bits per heavy atom. The van der Waals surface area contributed by atoms with Crippen LogP contribution in [0.4, 0.5) is 0 Å². The summed E-state index contributed by atoms with van der Waals surface area (Å²) in [4.78, 5) is 17.6. The summed E-state index contributed by atoms with van der Waals surface area (Å²) >= 11 is 6.29. The van der Waals surface area contributed by atoms with Gasteiger partial charge in [-0.15, -0.1) is 0 Å². The highest BCUT2D eigenvalue weighted by Crippen LogP contribution is 2.42. The molecule has 124 valence electrons. The minimum Gasteiger partial charge on any atom is -0.342 e. The Morgan fingerprint density at radius 3 is 2.78 bits per heavy atom. The molecule has 1 saturated carbocycles. The number of amides is 1. The highest BCUT2D eigenvalue weighted by molar-refractivity contribution is 6.31. The third-order valence-corrected chi connectivity index (χ3v) is 6.15. The normalized spacial score (nSPS) is 28.7. The fourth-order valence-electron chi connectivity index (χ4n) is 4.28. The molecule has 1 aromatic carbocycles. The van der Waals surface area contributed by atoms with Gasteiger partial charge >= 0.3 is 0 Å². The lowest BCUT2D eigenvalue weighted by atomic mass is 9.78. The summed E-state index contributed by atoms with van der Waals surface area (Å²) in [6.07, 6.45) is 5.87. The van der Waals surface area contributed by atoms with Crippen LogP contribution < -0.4 is 0 Å². The zero-order valence-electron chi connectivity index (χ0n) is 13.6. The van der Waals surface area contributed by atoms with Gasteiger partial charge in [-0.3, -0.25) is 9.69 Å². The average Bonchev–Trinajstić information content (AvgIpc) is 3.27. The summed E-state index contributed by atoms with van der Waals surface area (Å²) < 4.78 is 0. The van der Waals surface area contributed by atoms with Gasteiger partial charge in [-0.05, 0) is 56.2 Å². The zero-order chi connectivity index (χ0) is 15.9. The lowest BCUT2D eigenvalue weighted by Crippen LogP contribution is -2.50. The molecule has 4 rings (SSSR count). The molecule has 2 saturated heterocycles. The van der Waals surface area contributed by atoms with Gasteiger partial charge in [0.2, 0.25) is 5.91 Å². The monoisotopic (exact) mass is 332 g/mol. The Hall–Kier alpha value is -1.06. The first-order valence-electron chi connectivity index (χ1n) is 8.91. The van der Waals surface area contributed by atoms with E-state index in [0.717, 1.165) is 56.5 Å². The Balaban J connectivity index is 1.43. The standard InChI is InChI=1S/C19H25ClN2O/c20-17-5-2-1-4-16(17)13-21-11-9-19(14-21)8-3-10-22(18(19)23)12-15-6-7-15/h1-2,4-5,15H,3,6-14H2/t19-/m1/s1. The smallest absolute Gasteiger partial charge is 0.230 e. The maximum Gasteiger partial charge on any atom is 0.230 e. The molecule has 0 radical (unpaired) electrons. The van der Waals surface area contributed by atoms with Crippen LogP contribution in [0.3, 0.4) is 0 Å². The topological polar surface area (TPSA) is 23.6 Å². The summed E-state index contributed by atoms with van der Waals surface area (Å²) in [5, 5.41) is 0.832. The van der Waals surface area contributed by atoms with Crippen molar-refractivity contribution in [1.29, 1.82) is 0 Å². The lowest BCUT2D eigenvalue weighted by Gasteiger charge is -2.39. The number of halogens is 1. The van der Waals surface area contributed by atoms with Gasteiger partial charge in [0.15, 0.2) is 0 Å². The van der Waals surface area contributed by atoms with Gasteiger partial charge in [0.1, 0.15) is 0 Å². The van der Waals surface area contributed by atoms with Crippen molar-refractivity contribution in [2.24, 2.45) is 11.3 Å². The number of likely N-dealkylation sites (tertiary alicyclic amines) is 2. The van der Waals surface area contributed by atoms with Gasteiger partial charge in [-0.25, -0.2) is 0 Å². The predicted octanol–water partition coefficient (Wildman–Crippen LogP) is 3.56. The Morgan fingerprint density at radius 1 is 1.17 bits per heavy atom. The number of nitrogens with zero attached hydrogens (tertiary/aromatic N) is 2. The van der Waals surface area contributed by atoms with E-state index in [2.05, 4.69) is 15.9 Å². The molecule has 0 bridgehead atoms. The van der Waals surface area contributed by atoms with Gasteiger partial charge in [0.05, 0.1) is 5.41 Å². The first-order chi connectivity index (χ1) is 11.2. The number of hydrogen-bond acceptors (Lipinski definition) is 2. The van der Waals surface area contributed by atoms with E-state index in [0.29, 0.717) is 5.91 Å². The van der Waals surface area contributed by atoms with Crippen molar-refractivity contribution in [3.8, 4) is 0 Å². The Kier molecular flexibility index (Phi) is 4.10. The fraction of sp³-hybridized carbons (Fsp3) is 0.632. The molecule has 0 N–H and O–H groups in total. The molecule has 1 aliphatic carbocycles. The third-order valence-electron chi connectivity index (χ3n) is 5.78. The summed E-state index contributed by atoms with van der Waals surface area (Å²) in [6.45, 7) is 4.75. The first-order valence-corrected chi connectivity index (χ1v) is 9.29. The third kappa shape index (κ3) is 3.14. The van der Waals surface area contributed by atoms with Crippen molar-refractivity contribution >= 4 is 17.5 Å². The van der Waals surface area contributed by atoms with Crippen LogP contribution in [-0.4, -0.2) is 41.9 Å². The van der Waals surface area contributed by atoms with Gasteiger partial charge < -0.3 is 4.90 Å². The molecule has 1 spiro atoms. The fourth-order valence-corrected chi connectivity index (χ4v) is 4.47. The molecular formula is C19H25ClN2O. The van der Waals surface area contributed by atoms with Crippen molar-refractivity contribution in [2.45, 2.75) is 38.6 Å². The zero-order valence-corrected chi connectivity index (χ0v) is 14.4. The van der Waals surface area contributed by atoms with Crippen LogP contribution in [0.2, 0.25) is 5.02 Å². The van der Waals surface area contributed by atoms with Gasteiger partial charge in [-0.2, -0.15) is 0 Å². The second-order valence-electron chi connectivity index (χ2n) is 7.63. The van der Waals surface area contributed by atoms with Gasteiger partial charge in [-0.1, -0.05) is 29.8 Å². The van der Waals surface area contributed by atoms with E-state index in [9.17, 15) is 4.79 Å². The molecule has 3 aliphatic rings. The van der Waals surface area contributed by atoms with Crippen molar-refractivity contribution in [2.75, 3.05) is 26.2 Å². The molecular weight excluding hydrogens is 308 g/mol. The van der Waals surface area contributed by atoms with Crippen molar-refractivity contribution < 1.29 is 4.79 Å². The second kappa shape index (κ2) is 6.10. The van der Waals surface area contributed by atoms with Crippen LogP contribution in [0.5, 0.6) is 0 Å². The van der Waals surface area contributed by atoms with Gasteiger partial charge in [0, 0.05) is 31.2 Å². The number of benzene rings is 1. The van der Waals surface area contributed by atoms with Crippen LogP contribution in [0.25, 0.3) is 0 Å². The van der Waals surface area contributed by atoms with E-state index < -0.39 is 0 Å². The van der Waals surface area contributed by atoms with E-state index in [1.807, 2.05) is 18.2 Å². The van der Waals surface area contributed by atoms with E-state index in [1.165, 1.54) is 24.8 Å². The molecule has 1 aromatic rings. The molecule has 0 aromatic heterocycles.